The first-order valence-corrected chi connectivity index (χ1v) is 10.0. The summed E-state index contributed by atoms with van der Waals surface area (Å²) >= 11 is 0. The number of para-hydroxylation sites is 2. The Morgan fingerprint density at radius 1 is 0.938 bits per heavy atom. The lowest BCUT2D eigenvalue weighted by Gasteiger charge is -2.02. The fraction of sp³-hybridized carbons (Fsp3) is 0. The van der Waals surface area contributed by atoms with Crippen LogP contribution in [0.5, 0.6) is 0 Å². The topological polar surface area (TPSA) is 87.4 Å². The van der Waals surface area contributed by atoms with Gasteiger partial charge in [0.15, 0.2) is 5.82 Å². The van der Waals surface area contributed by atoms with Crippen molar-refractivity contribution in [1.82, 2.24) is 19.7 Å². The Bertz CT molecular complexity index is 1540. The molecule has 0 radical (unpaired) electrons. The third-order valence-electron chi connectivity index (χ3n) is 5.10. The van der Waals surface area contributed by atoms with Gasteiger partial charge in [-0.2, -0.15) is 10.4 Å². The van der Waals surface area contributed by atoms with Gasteiger partial charge in [-0.15, -0.1) is 0 Å². The molecule has 0 saturated heterocycles. The Morgan fingerprint density at radius 3 is 2.38 bits per heavy atom. The summed E-state index contributed by atoms with van der Waals surface area (Å²) in [4.78, 5) is 19.7. The van der Waals surface area contributed by atoms with Crippen molar-refractivity contribution in [2.24, 2.45) is 0 Å². The van der Waals surface area contributed by atoms with E-state index in [0.29, 0.717) is 10.9 Å². The van der Waals surface area contributed by atoms with Crippen molar-refractivity contribution in [1.29, 1.82) is 5.26 Å². The van der Waals surface area contributed by atoms with Crippen LogP contribution in [0.25, 0.3) is 39.5 Å². The summed E-state index contributed by atoms with van der Waals surface area (Å²) in [6, 6.07) is 28.8. The molecule has 0 bridgehead atoms. The van der Waals surface area contributed by atoms with Gasteiger partial charge < -0.3 is 4.98 Å². The number of allylic oxidation sites excluding steroid dienone is 1. The minimum Gasteiger partial charge on any atom is -0.305 e. The smallest absolute Gasteiger partial charge is 0.259 e. The predicted octanol–water partition coefficient (Wildman–Crippen LogP) is 4.84. The molecule has 6 heteroatoms. The zero-order chi connectivity index (χ0) is 21.9. The number of hydrogen-bond donors (Lipinski definition) is 1. The molecule has 6 nitrogen and oxygen atoms in total. The highest BCUT2D eigenvalue weighted by molar-refractivity contribution is 5.91. The van der Waals surface area contributed by atoms with E-state index in [-0.39, 0.29) is 17.0 Å². The molecule has 0 fully saturated rings. The summed E-state index contributed by atoms with van der Waals surface area (Å²) in [5.41, 5.74) is 3.80. The Kier molecular flexibility index (Phi) is 4.91. The molecule has 5 rings (SSSR count). The summed E-state index contributed by atoms with van der Waals surface area (Å²) in [5.74, 6) is 0.225. The standard InChI is InChI=1S/C26H17N5O/c27-16-19(25-28-23-14-8-7-13-22(23)26(32)29-25)15-20-17-31(21-11-5-2-6-12-21)30-24(20)18-9-3-1-4-10-18/h1-15,17H,(H,28,29,32). The second-order valence-corrected chi connectivity index (χ2v) is 7.18. The van der Waals surface area contributed by atoms with E-state index < -0.39 is 0 Å². The average Bonchev–Trinajstić information content (AvgIpc) is 3.27. The van der Waals surface area contributed by atoms with Crippen molar-refractivity contribution in [3.63, 3.8) is 0 Å². The van der Waals surface area contributed by atoms with Crippen molar-refractivity contribution in [2.45, 2.75) is 0 Å². The summed E-state index contributed by atoms with van der Waals surface area (Å²) < 4.78 is 1.78. The first-order chi connectivity index (χ1) is 15.7. The van der Waals surface area contributed by atoms with E-state index in [4.69, 9.17) is 5.10 Å². The Hall–Kier alpha value is -4.76. The van der Waals surface area contributed by atoms with Crippen LogP contribution in [0.4, 0.5) is 0 Å². The van der Waals surface area contributed by atoms with Gasteiger partial charge in [-0.3, -0.25) is 4.79 Å². The summed E-state index contributed by atoms with van der Waals surface area (Å²) in [7, 11) is 0. The van der Waals surface area contributed by atoms with E-state index in [0.717, 1.165) is 22.5 Å². The molecule has 1 N–H and O–H groups in total. The number of benzene rings is 3. The molecule has 0 amide bonds. The van der Waals surface area contributed by atoms with Gasteiger partial charge in [0.2, 0.25) is 0 Å². The first-order valence-electron chi connectivity index (χ1n) is 10.0. The second-order valence-electron chi connectivity index (χ2n) is 7.18. The lowest BCUT2D eigenvalue weighted by Crippen LogP contribution is -2.11. The third kappa shape index (κ3) is 3.59. The quantitative estimate of drug-likeness (QED) is 0.426. The largest absolute Gasteiger partial charge is 0.305 e. The monoisotopic (exact) mass is 415 g/mol. The van der Waals surface area contributed by atoms with Crippen LogP contribution in [0.1, 0.15) is 11.4 Å². The van der Waals surface area contributed by atoms with Gasteiger partial charge in [-0.05, 0) is 30.3 Å². The van der Waals surface area contributed by atoms with Crippen LogP contribution in [0.15, 0.2) is 95.9 Å². The van der Waals surface area contributed by atoms with Gasteiger partial charge in [-0.1, -0.05) is 60.7 Å². The number of H-pyrrole nitrogens is 1. The molecule has 5 aromatic rings. The van der Waals surface area contributed by atoms with Crippen LogP contribution in [-0.4, -0.2) is 19.7 Å². The molecule has 32 heavy (non-hydrogen) atoms. The van der Waals surface area contributed by atoms with E-state index in [1.165, 1.54) is 0 Å². The summed E-state index contributed by atoms with van der Waals surface area (Å²) in [6.07, 6.45) is 3.58. The van der Waals surface area contributed by atoms with Gasteiger partial charge >= 0.3 is 0 Å². The molecular formula is C26H17N5O. The molecule has 2 heterocycles. The van der Waals surface area contributed by atoms with Gasteiger partial charge in [0, 0.05) is 17.3 Å². The second kappa shape index (κ2) is 8.17. The molecule has 0 atom stereocenters. The first kappa shape index (κ1) is 19.2. The fourth-order valence-electron chi connectivity index (χ4n) is 3.55. The molecule has 2 aromatic heterocycles. The summed E-state index contributed by atoms with van der Waals surface area (Å²) in [5, 5.41) is 15.1. The highest BCUT2D eigenvalue weighted by Gasteiger charge is 2.14. The molecule has 0 aliphatic heterocycles. The van der Waals surface area contributed by atoms with Gasteiger partial charge in [0.05, 0.1) is 27.9 Å². The van der Waals surface area contributed by atoms with Crippen LogP contribution < -0.4 is 5.56 Å². The Labute approximate surface area is 183 Å². The maximum absolute atomic E-state index is 12.5. The van der Waals surface area contributed by atoms with Crippen LogP contribution in [0.2, 0.25) is 0 Å². The highest BCUT2D eigenvalue weighted by Crippen LogP contribution is 2.27. The maximum Gasteiger partial charge on any atom is 0.259 e. The number of aromatic amines is 1. The van der Waals surface area contributed by atoms with Crippen LogP contribution >= 0.6 is 0 Å². The van der Waals surface area contributed by atoms with Crippen LogP contribution in [0, 0.1) is 11.3 Å². The number of rotatable bonds is 4. The molecule has 152 valence electrons. The number of nitriles is 1. The minimum absolute atomic E-state index is 0.225. The molecule has 0 unspecified atom stereocenters. The van der Waals surface area contributed by atoms with E-state index in [1.807, 2.05) is 72.9 Å². The van der Waals surface area contributed by atoms with Crippen molar-refractivity contribution >= 4 is 22.6 Å². The van der Waals surface area contributed by atoms with Crippen molar-refractivity contribution in [3.05, 3.63) is 113 Å². The van der Waals surface area contributed by atoms with E-state index >= 15 is 0 Å². The molecule has 0 aliphatic carbocycles. The number of nitrogens with zero attached hydrogens (tertiary/aromatic N) is 4. The van der Waals surface area contributed by atoms with Gasteiger partial charge in [0.1, 0.15) is 6.07 Å². The Balaban J connectivity index is 1.69. The maximum atomic E-state index is 12.5. The van der Waals surface area contributed by atoms with Crippen molar-refractivity contribution in [2.75, 3.05) is 0 Å². The number of hydrogen-bond acceptors (Lipinski definition) is 4. The summed E-state index contributed by atoms with van der Waals surface area (Å²) in [6.45, 7) is 0. The van der Waals surface area contributed by atoms with Crippen molar-refractivity contribution in [3.8, 4) is 23.0 Å². The molecule has 0 saturated carbocycles. The predicted molar refractivity (Wildman–Crippen MR) is 125 cm³/mol. The van der Waals surface area contributed by atoms with Gasteiger partial charge in [0.25, 0.3) is 5.56 Å². The lowest BCUT2D eigenvalue weighted by molar-refractivity contribution is 0.884. The van der Waals surface area contributed by atoms with E-state index in [2.05, 4.69) is 16.0 Å². The number of aromatic nitrogens is 4. The minimum atomic E-state index is -0.282. The molecule has 0 spiro atoms. The molecule has 3 aromatic carbocycles. The average molecular weight is 415 g/mol. The molecular weight excluding hydrogens is 398 g/mol. The zero-order valence-electron chi connectivity index (χ0n) is 16.9. The van der Waals surface area contributed by atoms with Crippen LogP contribution in [-0.2, 0) is 0 Å². The number of fused-ring (bicyclic) bond motifs is 1. The SMILES string of the molecule is N#CC(=Cc1cn(-c2ccccc2)nc1-c1ccccc1)c1nc2ccccc2c(=O)[nH]1. The highest BCUT2D eigenvalue weighted by atomic mass is 16.1. The van der Waals surface area contributed by atoms with E-state index in [9.17, 15) is 10.1 Å². The zero-order valence-corrected chi connectivity index (χ0v) is 16.9. The Morgan fingerprint density at radius 2 is 1.62 bits per heavy atom. The third-order valence-corrected chi connectivity index (χ3v) is 5.10. The number of nitrogens with one attached hydrogen (secondary N) is 1. The van der Waals surface area contributed by atoms with Crippen LogP contribution in [0.3, 0.4) is 0 Å². The van der Waals surface area contributed by atoms with Crippen molar-refractivity contribution < 1.29 is 0 Å². The fourth-order valence-corrected chi connectivity index (χ4v) is 3.55. The molecule has 0 aliphatic rings. The lowest BCUT2D eigenvalue weighted by atomic mass is 10.1. The van der Waals surface area contributed by atoms with E-state index in [1.54, 1.807) is 29.0 Å². The van der Waals surface area contributed by atoms with Gasteiger partial charge in [-0.25, -0.2) is 9.67 Å². The normalized spacial score (nSPS) is 11.4.